The molecule has 0 atom stereocenters. The van der Waals surface area contributed by atoms with Crippen molar-refractivity contribution in [3.63, 3.8) is 0 Å². The maximum Gasteiger partial charge on any atom is 0.160 e. The van der Waals surface area contributed by atoms with Crippen LogP contribution in [-0.4, -0.2) is 15.0 Å². The van der Waals surface area contributed by atoms with Crippen LogP contribution < -0.4 is 0 Å². The average molecular weight is 644 g/mol. The molecule has 0 spiro atoms. The molecule has 3 aromatic heterocycles. The molecule has 0 fully saturated rings. The second-order valence-corrected chi connectivity index (χ2v) is 13.0. The van der Waals surface area contributed by atoms with E-state index in [1.54, 1.807) is 0 Å². The largest absolute Gasteiger partial charge is 0.247 e. The van der Waals surface area contributed by atoms with Gasteiger partial charge in [0, 0.05) is 48.2 Å². The van der Waals surface area contributed by atoms with E-state index in [2.05, 4.69) is 140 Å². The number of rotatable bonds is 6. The van der Waals surface area contributed by atoms with Crippen molar-refractivity contribution in [2.75, 3.05) is 0 Å². The first-order valence-electron chi connectivity index (χ1n) is 16.4. The average Bonchev–Trinajstić information content (AvgIpc) is 3.60. The van der Waals surface area contributed by atoms with Crippen molar-refractivity contribution in [2.45, 2.75) is 0 Å². The number of hydrogen-bond acceptors (Lipinski definition) is 4. The Hall–Kier alpha value is -6.23. The minimum Gasteiger partial charge on any atom is -0.247 e. The van der Waals surface area contributed by atoms with Crippen molar-refractivity contribution in [1.29, 1.82) is 0 Å². The molecule has 0 saturated carbocycles. The molecule has 9 aromatic rings. The highest BCUT2D eigenvalue weighted by atomic mass is 32.1. The molecule has 230 valence electrons. The zero-order valence-corrected chi connectivity index (χ0v) is 27.3. The van der Waals surface area contributed by atoms with Crippen LogP contribution in [0.4, 0.5) is 0 Å². The summed E-state index contributed by atoms with van der Waals surface area (Å²) < 4.78 is 1.25. The predicted octanol–water partition coefficient (Wildman–Crippen LogP) is 12.2. The smallest absolute Gasteiger partial charge is 0.160 e. The van der Waals surface area contributed by atoms with Gasteiger partial charge in [0.15, 0.2) is 5.82 Å². The molecule has 3 heterocycles. The first-order valence-corrected chi connectivity index (χ1v) is 17.2. The first kappa shape index (κ1) is 29.0. The van der Waals surface area contributed by atoms with E-state index >= 15 is 0 Å². The molecule has 0 amide bonds. The lowest BCUT2D eigenvalue weighted by molar-refractivity contribution is 1.18. The van der Waals surface area contributed by atoms with Gasteiger partial charge < -0.3 is 0 Å². The van der Waals surface area contributed by atoms with Crippen LogP contribution >= 0.6 is 11.3 Å². The van der Waals surface area contributed by atoms with Crippen LogP contribution in [-0.2, 0) is 0 Å². The summed E-state index contributed by atoms with van der Waals surface area (Å²) in [6.45, 7) is 0. The quantitative estimate of drug-likeness (QED) is 0.181. The van der Waals surface area contributed by atoms with Gasteiger partial charge in [-0.3, -0.25) is 0 Å². The third-order valence-corrected chi connectivity index (χ3v) is 10.2. The van der Waals surface area contributed by atoms with Crippen molar-refractivity contribution in [3.05, 3.63) is 176 Å². The molecule has 0 radical (unpaired) electrons. The summed E-state index contributed by atoms with van der Waals surface area (Å²) >= 11 is 1.85. The van der Waals surface area contributed by atoms with Crippen molar-refractivity contribution >= 4 is 32.3 Å². The molecule has 0 unspecified atom stereocenters. The molecule has 0 aliphatic rings. The van der Waals surface area contributed by atoms with E-state index in [9.17, 15) is 0 Å². The van der Waals surface area contributed by atoms with Crippen LogP contribution in [0.15, 0.2) is 176 Å². The predicted molar refractivity (Wildman–Crippen MR) is 205 cm³/mol. The number of fused-ring (bicyclic) bond motifs is 3. The summed E-state index contributed by atoms with van der Waals surface area (Å²) in [5.74, 6) is 0.710. The number of nitrogens with zero attached hydrogens (tertiary/aromatic N) is 3. The van der Waals surface area contributed by atoms with Gasteiger partial charge in [-0.25, -0.2) is 15.0 Å². The van der Waals surface area contributed by atoms with Crippen LogP contribution in [0.2, 0.25) is 0 Å². The Labute approximate surface area is 288 Å². The molecule has 9 rings (SSSR count). The molecular formula is C45H29N3S. The second-order valence-electron chi connectivity index (χ2n) is 12.0. The van der Waals surface area contributed by atoms with Gasteiger partial charge >= 0.3 is 0 Å². The summed E-state index contributed by atoms with van der Waals surface area (Å²) in [6, 6.07) is 61.2. The van der Waals surface area contributed by atoms with E-state index in [0.29, 0.717) is 5.82 Å². The summed E-state index contributed by atoms with van der Waals surface area (Å²) in [7, 11) is 0. The topological polar surface area (TPSA) is 38.7 Å². The maximum absolute atomic E-state index is 5.30. The van der Waals surface area contributed by atoms with E-state index < -0.39 is 0 Å². The van der Waals surface area contributed by atoms with Crippen molar-refractivity contribution < 1.29 is 0 Å². The Kier molecular flexibility index (Phi) is 7.34. The standard InChI is InChI=1S/C45H29N3S/c1-5-15-30(16-6-1)38-29-39(48-45(47-38)35-21-11-4-12-22-35)31-25-27-32(28-26-31)40-41-42(33-17-7-2-8-18-33)46-37-24-14-13-23-36(37)44(41)49-43(40)34-19-9-3-10-20-34/h1-29H. The fourth-order valence-electron chi connectivity index (χ4n) is 6.54. The zero-order valence-electron chi connectivity index (χ0n) is 26.5. The Morgan fingerprint density at radius 3 is 1.51 bits per heavy atom. The van der Waals surface area contributed by atoms with Gasteiger partial charge in [-0.15, -0.1) is 11.3 Å². The highest BCUT2D eigenvalue weighted by Gasteiger charge is 2.22. The molecule has 0 N–H and O–H groups in total. The van der Waals surface area contributed by atoms with Gasteiger partial charge in [0.2, 0.25) is 0 Å². The monoisotopic (exact) mass is 643 g/mol. The third kappa shape index (κ3) is 5.38. The van der Waals surface area contributed by atoms with Crippen LogP contribution in [0.5, 0.6) is 0 Å². The molecule has 3 nitrogen and oxygen atoms in total. The summed E-state index contributed by atoms with van der Waals surface area (Å²) in [5, 5.41) is 2.35. The van der Waals surface area contributed by atoms with Crippen molar-refractivity contribution in [1.82, 2.24) is 15.0 Å². The number of aromatic nitrogens is 3. The van der Waals surface area contributed by atoms with E-state index in [1.165, 1.54) is 31.5 Å². The van der Waals surface area contributed by atoms with Gasteiger partial charge in [-0.1, -0.05) is 164 Å². The maximum atomic E-state index is 5.30. The zero-order chi connectivity index (χ0) is 32.6. The highest BCUT2D eigenvalue weighted by molar-refractivity contribution is 7.24. The lowest BCUT2D eigenvalue weighted by Gasteiger charge is -2.12. The highest BCUT2D eigenvalue weighted by Crippen LogP contribution is 2.50. The number of pyridine rings is 1. The number of thiophene rings is 1. The number of benzene rings is 6. The Morgan fingerprint density at radius 1 is 0.388 bits per heavy atom. The van der Waals surface area contributed by atoms with Gasteiger partial charge in [0.25, 0.3) is 0 Å². The number of hydrogen-bond donors (Lipinski definition) is 0. The van der Waals surface area contributed by atoms with E-state index in [0.717, 1.165) is 50.4 Å². The van der Waals surface area contributed by atoms with Crippen LogP contribution in [0.3, 0.4) is 0 Å². The van der Waals surface area contributed by atoms with Crippen LogP contribution in [0.25, 0.3) is 87.7 Å². The van der Waals surface area contributed by atoms with E-state index in [4.69, 9.17) is 15.0 Å². The Balaban J connectivity index is 1.26. The van der Waals surface area contributed by atoms with E-state index in [-0.39, 0.29) is 0 Å². The SMILES string of the molecule is c1ccc(-c2cc(-c3ccc(-c4c(-c5ccccc5)sc5c4c(-c4ccccc4)nc4ccccc45)cc3)nc(-c3ccccc3)n2)cc1. The lowest BCUT2D eigenvalue weighted by atomic mass is 9.94. The second kappa shape index (κ2) is 12.4. The minimum atomic E-state index is 0.710. The van der Waals surface area contributed by atoms with E-state index in [1.807, 2.05) is 47.7 Å². The molecule has 49 heavy (non-hydrogen) atoms. The summed E-state index contributed by atoms with van der Waals surface area (Å²) in [4.78, 5) is 16.6. The molecule has 0 saturated heterocycles. The molecule has 0 aliphatic heterocycles. The summed E-state index contributed by atoms with van der Waals surface area (Å²) in [6.07, 6.45) is 0. The third-order valence-electron chi connectivity index (χ3n) is 8.91. The fraction of sp³-hybridized carbons (Fsp3) is 0. The molecule has 6 aromatic carbocycles. The van der Waals surface area contributed by atoms with Gasteiger partial charge in [-0.2, -0.15) is 0 Å². The van der Waals surface area contributed by atoms with Gasteiger partial charge in [-0.05, 0) is 23.3 Å². The van der Waals surface area contributed by atoms with Gasteiger partial charge in [0.05, 0.1) is 22.6 Å². The Bertz CT molecular complexity index is 2500. The number of para-hydroxylation sites is 1. The van der Waals surface area contributed by atoms with Crippen LogP contribution in [0.1, 0.15) is 0 Å². The van der Waals surface area contributed by atoms with Crippen molar-refractivity contribution in [3.8, 4) is 66.7 Å². The molecule has 4 heteroatoms. The lowest BCUT2D eigenvalue weighted by Crippen LogP contribution is -1.96. The molecule has 0 aliphatic carbocycles. The Morgan fingerprint density at radius 2 is 0.878 bits per heavy atom. The molecular weight excluding hydrogens is 615 g/mol. The van der Waals surface area contributed by atoms with Crippen molar-refractivity contribution in [2.24, 2.45) is 0 Å². The van der Waals surface area contributed by atoms with Gasteiger partial charge in [0.1, 0.15) is 0 Å². The van der Waals surface area contributed by atoms with Crippen LogP contribution in [0, 0.1) is 0 Å². The fourth-order valence-corrected chi connectivity index (χ4v) is 7.90. The first-order chi connectivity index (χ1) is 24.3. The molecule has 0 bridgehead atoms. The normalized spacial score (nSPS) is 11.3. The minimum absolute atomic E-state index is 0.710. The summed E-state index contributed by atoms with van der Waals surface area (Å²) in [5.41, 5.74) is 11.5.